The van der Waals surface area contributed by atoms with E-state index >= 15 is 0 Å². The van der Waals surface area contributed by atoms with Gasteiger partial charge in [-0.15, -0.1) is 0 Å². The molecule has 7 nitrogen and oxygen atoms in total. The lowest BCUT2D eigenvalue weighted by Gasteiger charge is -2.13. The highest BCUT2D eigenvalue weighted by atomic mass is 16.5. The maximum atomic E-state index is 13.1. The number of benzene rings is 3. The van der Waals surface area contributed by atoms with E-state index in [1.807, 2.05) is 61.5 Å². The third-order valence-electron chi connectivity index (χ3n) is 5.24. The number of methoxy groups -OCH3 is 1. The van der Waals surface area contributed by atoms with Crippen LogP contribution in [-0.4, -0.2) is 31.2 Å². The molecule has 2 amide bonds. The van der Waals surface area contributed by atoms with Gasteiger partial charge in [-0.3, -0.25) is 9.59 Å². The van der Waals surface area contributed by atoms with Gasteiger partial charge in [0.25, 0.3) is 11.8 Å². The maximum absolute atomic E-state index is 13.1. The number of nitrogens with one attached hydrogen (secondary N) is 1. The summed E-state index contributed by atoms with van der Waals surface area (Å²) in [4.78, 5) is 25.5. The normalized spacial score (nSPS) is 14.2. The Bertz CT molecular complexity index is 1280. The molecule has 1 aliphatic heterocycles. The van der Waals surface area contributed by atoms with E-state index in [1.54, 1.807) is 38.3 Å². The van der Waals surface area contributed by atoms with Gasteiger partial charge in [0.15, 0.2) is 6.61 Å². The Morgan fingerprint density at radius 2 is 1.82 bits per heavy atom. The molecule has 1 heterocycles. The molecule has 0 unspecified atom stereocenters. The molecule has 3 aromatic rings. The number of rotatable bonds is 7. The van der Waals surface area contributed by atoms with Crippen LogP contribution < -0.4 is 19.8 Å². The first-order valence-corrected chi connectivity index (χ1v) is 10.8. The summed E-state index contributed by atoms with van der Waals surface area (Å²) in [6.45, 7) is 3.54. The lowest BCUT2D eigenvalue weighted by Crippen LogP contribution is -2.21. The summed E-state index contributed by atoms with van der Waals surface area (Å²) in [5, 5.41) is 8.61. The zero-order valence-electron chi connectivity index (χ0n) is 19.2. The van der Waals surface area contributed by atoms with Crippen molar-refractivity contribution in [2.75, 3.05) is 24.0 Å². The van der Waals surface area contributed by atoms with Crippen LogP contribution in [0.25, 0.3) is 6.08 Å². The number of carbonyl (C=O) groups is 2. The molecule has 172 valence electrons. The first kappa shape index (κ1) is 22.8. The molecule has 0 saturated heterocycles. The molecular weight excluding hydrogens is 430 g/mol. The molecule has 0 atom stereocenters. The molecule has 1 N–H and O–H groups in total. The second kappa shape index (κ2) is 10.0. The van der Waals surface area contributed by atoms with Gasteiger partial charge in [0, 0.05) is 17.3 Å². The van der Waals surface area contributed by atoms with Crippen molar-refractivity contribution in [1.82, 2.24) is 0 Å². The number of hydrogen-bond donors (Lipinski definition) is 1. The SMILES string of the molecule is COc1ccc(/C=C2/C(=O)N(c3ccccc3)N=C2C)c(OCC(=O)Nc2cccc(C)c2)c1. The molecule has 0 aromatic heterocycles. The van der Waals surface area contributed by atoms with Crippen LogP contribution in [0.3, 0.4) is 0 Å². The van der Waals surface area contributed by atoms with Crippen molar-refractivity contribution in [2.45, 2.75) is 13.8 Å². The Morgan fingerprint density at radius 1 is 1.03 bits per heavy atom. The minimum absolute atomic E-state index is 0.200. The van der Waals surface area contributed by atoms with Crippen LogP contribution in [0.1, 0.15) is 18.1 Å². The summed E-state index contributed by atoms with van der Waals surface area (Å²) < 4.78 is 11.1. The molecule has 7 heteroatoms. The van der Waals surface area contributed by atoms with Gasteiger partial charge in [-0.25, -0.2) is 0 Å². The number of amides is 2. The number of aryl methyl sites for hydroxylation is 1. The van der Waals surface area contributed by atoms with Gasteiger partial charge in [0.1, 0.15) is 11.5 Å². The van der Waals surface area contributed by atoms with Crippen molar-refractivity contribution in [3.05, 3.63) is 89.5 Å². The molecule has 4 rings (SSSR count). The Balaban J connectivity index is 1.55. The van der Waals surface area contributed by atoms with E-state index in [1.165, 1.54) is 5.01 Å². The molecule has 34 heavy (non-hydrogen) atoms. The number of carbonyl (C=O) groups excluding carboxylic acids is 2. The van der Waals surface area contributed by atoms with Gasteiger partial charge in [-0.2, -0.15) is 10.1 Å². The molecule has 0 radical (unpaired) electrons. The van der Waals surface area contributed by atoms with Gasteiger partial charge in [0.2, 0.25) is 0 Å². The van der Waals surface area contributed by atoms with Gasteiger partial charge in [-0.1, -0.05) is 30.3 Å². The largest absolute Gasteiger partial charge is 0.497 e. The molecule has 0 saturated carbocycles. The van der Waals surface area contributed by atoms with Crippen LogP contribution in [0, 0.1) is 6.92 Å². The Labute approximate surface area is 198 Å². The number of nitrogens with zero attached hydrogens (tertiary/aromatic N) is 2. The van der Waals surface area contributed by atoms with Crippen molar-refractivity contribution >= 4 is 35.0 Å². The summed E-state index contributed by atoms with van der Waals surface area (Å²) >= 11 is 0. The van der Waals surface area contributed by atoms with Crippen molar-refractivity contribution < 1.29 is 19.1 Å². The van der Waals surface area contributed by atoms with Crippen molar-refractivity contribution in [2.24, 2.45) is 5.10 Å². The third-order valence-corrected chi connectivity index (χ3v) is 5.24. The van der Waals surface area contributed by atoms with Crippen molar-refractivity contribution in [1.29, 1.82) is 0 Å². The monoisotopic (exact) mass is 455 g/mol. The Morgan fingerprint density at radius 3 is 2.56 bits per heavy atom. The summed E-state index contributed by atoms with van der Waals surface area (Å²) in [5.74, 6) is 0.468. The highest BCUT2D eigenvalue weighted by Crippen LogP contribution is 2.30. The predicted molar refractivity (Wildman–Crippen MR) is 133 cm³/mol. The average Bonchev–Trinajstić information content (AvgIpc) is 3.12. The lowest BCUT2D eigenvalue weighted by atomic mass is 10.1. The van der Waals surface area contributed by atoms with Crippen molar-refractivity contribution in [3.8, 4) is 11.5 Å². The van der Waals surface area contributed by atoms with E-state index < -0.39 is 0 Å². The first-order valence-electron chi connectivity index (χ1n) is 10.8. The Kier molecular flexibility index (Phi) is 6.73. The number of hydrogen-bond acceptors (Lipinski definition) is 5. The zero-order chi connectivity index (χ0) is 24.1. The van der Waals surface area contributed by atoms with E-state index in [-0.39, 0.29) is 18.4 Å². The third kappa shape index (κ3) is 5.15. The highest BCUT2D eigenvalue weighted by molar-refractivity contribution is 6.32. The fourth-order valence-electron chi connectivity index (χ4n) is 3.53. The Hall–Kier alpha value is -4.39. The van der Waals surface area contributed by atoms with Crippen LogP contribution in [0.5, 0.6) is 11.5 Å². The molecule has 0 fully saturated rings. The minimum atomic E-state index is -0.294. The van der Waals surface area contributed by atoms with Crippen LogP contribution >= 0.6 is 0 Å². The molecule has 3 aromatic carbocycles. The molecular formula is C27H25N3O4. The van der Waals surface area contributed by atoms with E-state index in [4.69, 9.17) is 9.47 Å². The molecule has 1 aliphatic rings. The van der Waals surface area contributed by atoms with Crippen LogP contribution in [-0.2, 0) is 9.59 Å². The minimum Gasteiger partial charge on any atom is -0.497 e. The maximum Gasteiger partial charge on any atom is 0.280 e. The van der Waals surface area contributed by atoms with Gasteiger partial charge in [-0.05, 0) is 61.9 Å². The van der Waals surface area contributed by atoms with Gasteiger partial charge < -0.3 is 14.8 Å². The van der Waals surface area contributed by atoms with E-state index in [9.17, 15) is 9.59 Å². The number of hydrazone groups is 1. The summed E-state index contributed by atoms with van der Waals surface area (Å²) in [5.41, 5.74) is 4.11. The summed E-state index contributed by atoms with van der Waals surface area (Å²) in [6, 6.07) is 22.0. The number of ether oxygens (including phenoxy) is 2. The average molecular weight is 456 g/mol. The summed E-state index contributed by atoms with van der Waals surface area (Å²) in [7, 11) is 1.55. The fraction of sp³-hybridized carbons (Fsp3) is 0.148. The standard InChI is InChI=1S/C27H25N3O4/c1-18-8-7-9-21(14-18)28-26(31)17-34-25-16-23(33-3)13-12-20(25)15-24-19(2)29-30(27(24)32)22-10-5-4-6-11-22/h4-16H,17H2,1-3H3,(H,28,31)/b24-15+. The van der Waals surface area contributed by atoms with E-state index in [0.29, 0.717) is 39.7 Å². The highest BCUT2D eigenvalue weighted by Gasteiger charge is 2.29. The molecule has 0 aliphatic carbocycles. The first-order chi connectivity index (χ1) is 16.4. The predicted octanol–water partition coefficient (Wildman–Crippen LogP) is 4.83. The summed E-state index contributed by atoms with van der Waals surface area (Å²) in [6.07, 6.45) is 1.72. The van der Waals surface area contributed by atoms with Crippen LogP contribution in [0.4, 0.5) is 11.4 Å². The zero-order valence-corrected chi connectivity index (χ0v) is 19.2. The van der Waals surface area contributed by atoms with E-state index in [0.717, 1.165) is 5.56 Å². The second-order valence-corrected chi connectivity index (χ2v) is 7.81. The van der Waals surface area contributed by atoms with Crippen molar-refractivity contribution in [3.63, 3.8) is 0 Å². The number of para-hydroxylation sites is 1. The quantitative estimate of drug-likeness (QED) is 0.518. The van der Waals surface area contributed by atoms with Crippen LogP contribution in [0.2, 0.25) is 0 Å². The topological polar surface area (TPSA) is 80.2 Å². The number of anilines is 2. The molecule has 0 bridgehead atoms. The fourth-order valence-corrected chi connectivity index (χ4v) is 3.53. The smallest absolute Gasteiger partial charge is 0.280 e. The van der Waals surface area contributed by atoms with E-state index in [2.05, 4.69) is 10.4 Å². The van der Waals surface area contributed by atoms with Crippen LogP contribution in [0.15, 0.2) is 83.5 Å². The second-order valence-electron chi connectivity index (χ2n) is 7.81. The molecule has 0 spiro atoms. The lowest BCUT2D eigenvalue weighted by molar-refractivity contribution is -0.118. The van der Waals surface area contributed by atoms with Gasteiger partial charge in [0.05, 0.1) is 24.1 Å². The van der Waals surface area contributed by atoms with Gasteiger partial charge >= 0.3 is 0 Å².